The molecule has 1 saturated heterocycles. The highest BCUT2D eigenvalue weighted by molar-refractivity contribution is 5.88. The SMILES string of the molecule is CCOCC1(CCn2cnc3cnccc32)CCN(C(C)(C)c2ccc(C)nc2)C1.O=C(O)CC(O)(CC(=O)O)C(=O)O. The van der Waals surface area contributed by atoms with Crippen molar-refractivity contribution in [1.82, 2.24) is 24.4 Å². The molecule has 4 N–H and O–H groups in total. The first-order valence-corrected chi connectivity index (χ1v) is 14.1. The Balaban J connectivity index is 0.000000331. The average Bonchev–Trinajstić information content (AvgIpc) is 3.56. The summed E-state index contributed by atoms with van der Waals surface area (Å²) in [6, 6.07) is 6.38. The van der Waals surface area contributed by atoms with Crippen LogP contribution in [0.2, 0.25) is 0 Å². The highest BCUT2D eigenvalue weighted by Gasteiger charge is 2.44. The Bertz CT molecular complexity index is 1390. The number of ether oxygens (including phenoxy) is 1. The van der Waals surface area contributed by atoms with Gasteiger partial charge in [-0.1, -0.05) is 6.07 Å². The van der Waals surface area contributed by atoms with Crippen LogP contribution in [0.4, 0.5) is 0 Å². The molecule has 234 valence electrons. The van der Waals surface area contributed by atoms with Gasteiger partial charge < -0.3 is 29.7 Å². The van der Waals surface area contributed by atoms with Crippen LogP contribution < -0.4 is 0 Å². The molecule has 0 bridgehead atoms. The molecular formula is C30H41N5O8. The van der Waals surface area contributed by atoms with Crippen molar-refractivity contribution in [2.45, 2.75) is 71.1 Å². The Hall–Kier alpha value is -3.94. The summed E-state index contributed by atoms with van der Waals surface area (Å²) in [6.45, 7) is 13.3. The summed E-state index contributed by atoms with van der Waals surface area (Å²) in [4.78, 5) is 46.3. The number of fused-ring (bicyclic) bond motifs is 1. The molecule has 0 aromatic carbocycles. The second kappa shape index (κ2) is 14.0. The third kappa shape index (κ3) is 8.55. The van der Waals surface area contributed by atoms with E-state index in [1.165, 1.54) is 5.56 Å². The van der Waals surface area contributed by atoms with Gasteiger partial charge in [0.2, 0.25) is 0 Å². The number of carboxylic acids is 3. The lowest BCUT2D eigenvalue weighted by atomic mass is 9.84. The number of rotatable bonds is 13. The summed E-state index contributed by atoms with van der Waals surface area (Å²) in [5, 5.41) is 33.8. The zero-order valence-electron chi connectivity index (χ0n) is 25.1. The zero-order chi connectivity index (χ0) is 31.8. The van der Waals surface area contributed by atoms with Gasteiger partial charge in [0.05, 0.1) is 37.5 Å². The van der Waals surface area contributed by atoms with Gasteiger partial charge >= 0.3 is 17.9 Å². The summed E-state index contributed by atoms with van der Waals surface area (Å²) in [5.41, 5.74) is 1.79. The summed E-state index contributed by atoms with van der Waals surface area (Å²) >= 11 is 0. The van der Waals surface area contributed by atoms with Crippen molar-refractivity contribution in [3.8, 4) is 0 Å². The number of aliphatic carboxylic acids is 3. The number of carboxylic acid groups (broad SMARTS) is 3. The van der Waals surface area contributed by atoms with Crippen molar-refractivity contribution >= 4 is 28.9 Å². The largest absolute Gasteiger partial charge is 0.481 e. The fraction of sp³-hybridized carbons (Fsp3) is 0.533. The Labute approximate surface area is 250 Å². The van der Waals surface area contributed by atoms with Gasteiger partial charge in [-0.3, -0.25) is 24.5 Å². The van der Waals surface area contributed by atoms with Gasteiger partial charge in [0.15, 0.2) is 5.60 Å². The molecule has 0 amide bonds. The molecule has 13 nitrogen and oxygen atoms in total. The van der Waals surface area contributed by atoms with E-state index < -0.39 is 36.4 Å². The fourth-order valence-corrected chi connectivity index (χ4v) is 5.30. The molecule has 3 aromatic heterocycles. The molecule has 1 atom stereocenters. The lowest BCUT2D eigenvalue weighted by Crippen LogP contribution is -2.42. The number of likely N-dealkylation sites (tertiary alicyclic amines) is 1. The molecule has 4 heterocycles. The molecule has 1 unspecified atom stereocenters. The van der Waals surface area contributed by atoms with Crippen LogP contribution in [0.1, 0.15) is 57.7 Å². The van der Waals surface area contributed by atoms with Gasteiger partial charge in [0.25, 0.3) is 0 Å². The van der Waals surface area contributed by atoms with E-state index in [4.69, 9.17) is 25.2 Å². The molecule has 0 spiro atoms. The number of hydrogen-bond acceptors (Lipinski definition) is 9. The van der Waals surface area contributed by atoms with Crippen LogP contribution in [-0.2, 0) is 31.2 Å². The molecular weight excluding hydrogens is 558 g/mol. The van der Waals surface area contributed by atoms with Gasteiger partial charge in [0, 0.05) is 48.7 Å². The van der Waals surface area contributed by atoms with Crippen LogP contribution >= 0.6 is 0 Å². The molecule has 1 fully saturated rings. The van der Waals surface area contributed by atoms with Gasteiger partial charge in [0.1, 0.15) is 5.52 Å². The molecule has 4 rings (SSSR count). The molecule has 0 radical (unpaired) electrons. The fourth-order valence-electron chi connectivity index (χ4n) is 5.30. The third-order valence-corrected chi connectivity index (χ3v) is 8.05. The topological polar surface area (TPSA) is 188 Å². The van der Waals surface area contributed by atoms with E-state index in [-0.39, 0.29) is 11.0 Å². The minimum Gasteiger partial charge on any atom is -0.481 e. The van der Waals surface area contributed by atoms with Gasteiger partial charge in [-0.25, -0.2) is 9.78 Å². The molecule has 1 aliphatic rings. The van der Waals surface area contributed by atoms with Crippen LogP contribution in [0.5, 0.6) is 0 Å². The summed E-state index contributed by atoms with van der Waals surface area (Å²) in [5.74, 6) is -5.02. The van der Waals surface area contributed by atoms with Crippen molar-refractivity contribution in [2.24, 2.45) is 5.41 Å². The zero-order valence-corrected chi connectivity index (χ0v) is 25.1. The standard InChI is InChI=1S/C24H33N5O.C6H8O7/c1-5-30-17-24(9-12-28-18-27-21-15-25-11-8-22(21)28)10-13-29(16-24)23(3,4)20-7-6-19(2)26-14-20;7-3(8)1-6(13,5(11)12)2-4(9)10/h6-8,11,14-15,18H,5,9-10,12-13,16-17H2,1-4H3;13H,1-2H2,(H,7,8)(H,9,10)(H,11,12). The number of aliphatic hydroxyl groups is 1. The Morgan fingerprint density at radius 2 is 1.74 bits per heavy atom. The van der Waals surface area contributed by atoms with E-state index in [0.717, 1.165) is 62.4 Å². The lowest BCUT2D eigenvalue weighted by molar-refractivity contribution is -0.170. The number of nitrogens with zero attached hydrogens (tertiary/aromatic N) is 5. The highest BCUT2D eigenvalue weighted by atomic mass is 16.5. The number of aryl methyl sites for hydroxylation is 2. The molecule has 13 heteroatoms. The molecule has 1 aliphatic heterocycles. The highest BCUT2D eigenvalue weighted by Crippen LogP contribution is 2.41. The average molecular weight is 600 g/mol. The number of carbonyl (C=O) groups is 3. The molecule has 3 aromatic rings. The normalized spacial score (nSPS) is 17.4. The van der Waals surface area contributed by atoms with E-state index in [9.17, 15) is 14.4 Å². The van der Waals surface area contributed by atoms with Crippen LogP contribution in [0.25, 0.3) is 11.0 Å². The second-order valence-corrected chi connectivity index (χ2v) is 11.6. The lowest BCUT2D eigenvalue weighted by Gasteiger charge is -2.38. The van der Waals surface area contributed by atoms with E-state index >= 15 is 0 Å². The Kier molecular flexibility index (Phi) is 10.9. The monoisotopic (exact) mass is 599 g/mol. The van der Waals surface area contributed by atoms with Crippen molar-refractivity contribution in [3.63, 3.8) is 0 Å². The second-order valence-electron chi connectivity index (χ2n) is 11.6. The maximum absolute atomic E-state index is 10.3. The van der Waals surface area contributed by atoms with Crippen molar-refractivity contribution in [2.75, 3.05) is 26.3 Å². The summed E-state index contributed by atoms with van der Waals surface area (Å²) < 4.78 is 8.24. The first-order chi connectivity index (χ1) is 20.2. The summed E-state index contributed by atoms with van der Waals surface area (Å²) in [7, 11) is 0. The van der Waals surface area contributed by atoms with Crippen molar-refractivity contribution in [1.29, 1.82) is 0 Å². The summed E-state index contributed by atoms with van der Waals surface area (Å²) in [6.07, 6.45) is 7.56. The molecule has 0 saturated carbocycles. The van der Waals surface area contributed by atoms with Crippen molar-refractivity contribution < 1.29 is 39.5 Å². The number of imidazole rings is 1. The Morgan fingerprint density at radius 1 is 1.05 bits per heavy atom. The maximum Gasteiger partial charge on any atom is 0.336 e. The van der Waals surface area contributed by atoms with Gasteiger partial charge in [-0.2, -0.15) is 0 Å². The number of pyridine rings is 2. The van der Waals surface area contributed by atoms with E-state index in [2.05, 4.69) is 57.3 Å². The van der Waals surface area contributed by atoms with Crippen molar-refractivity contribution in [3.05, 3.63) is 54.4 Å². The predicted octanol–water partition coefficient (Wildman–Crippen LogP) is 2.94. The molecule has 43 heavy (non-hydrogen) atoms. The third-order valence-electron chi connectivity index (χ3n) is 8.05. The van der Waals surface area contributed by atoms with Crippen LogP contribution in [0, 0.1) is 12.3 Å². The first kappa shape index (κ1) is 33.6. The minimum atomic E-state index is -2.74. The van der Waals surface area contributed by atoms with Crippen LogP contribution in [-0.4, -0.2) is 94.7 Å². The van der Waals surface area contributed by atoms with E-state index in [1.807, 2.05) is 37.9 Å². The smallest absolute Gasteiger partial charge is 0.336 e. The quantitative estimate of drug-likeness (QED) is 0.225. The van der Waals surface area contributed by atoms with Crippen LogP contribution in [0.15, 0.2) is 43.1 Å². The minimum absolute atomic E-state index is 0.0535. The van der Waals surface area contributed by atoms with E-state index in [1.54, 1.807) is 0 Å². The van der Waals surface area contributed by atoms with Gasteiger partial charge in [-0.05, 0) is 64.8 Å². The first-order valence-electron chi connectivity index (χ1n) is 14.1. The molecule has 0 aliphatic carbocycles. The maximum atomic E-state index is 10.3. The Morgan fingerprint density at radius 3 is 2.33 bits per heavy atom. The van der Waals surface area contributed by atoms with Gasteiger partial charge in [-0.15, -0.1) is 0 Å². The number of aromatic nitrogens is 4. The predicted molar refractivity (Wildman–Crippen MR) is 156 cm³/mol. The number of hydrogen-bond donors (Lipinski definition) is 4. The van der Waals surface area contributed by atoms with Crippen LogP contribution in [0.3, 0.4) is 0 Å². The van der Waals surface area contributed by atoms with E-state index in [0.29, 0.717) is 0 Å².